The highest BCUT2D eigenvalue weighted by Crippen LogP contribution is 2.39. The summed E-state index contributed by atoms with van der Waals surface area (Å²) in [6.45, 7) is 15.1. The summed E-state index contributed by atoms with van der Waals surface area (Å²) in [5.74, 6) is -0.315. The van der Waals surface area contributed by atoms with Gasteiger partial charge in [-0.3, -0.25) is 14.6 Å². The molecule has 1 N–H and O–H groups in total. The second-order valence-electron chi connectivity index (χ2n) is 10.5. The van der Waals surface area contributed by atoms with Crippen LogP contribution in [-0.2, 0) is 20.7 Å². The zero-order chi connectivity index (χ0) is 26.9. The van der Waals surface area contributed by atoms with Gasteiger partial charge in [0.25, 0.3) is 0 Å². The first-order chi connectivity index (χ1) is 17.0. The number of carbonyl (C=O) groups is 2. The summed E-state index contributed by atoms with van der Waals surface area (Å²) < 4.78 is 10.7. The number of hydrogen-bond donors (Lipinski definition) is 1. The Balaban J connectivity index is 0.000000493. The molecule has 0 spiro atoms. The minimum Gasteiger partial charge on any atom is -0.488 e. The van der Waals surface area contributed by atoms with E-state index in [1.165, 1.54) is 12.5 Å². The molecule has 36 heavy (non-hydrogen) atoms. The standard InChI is InChI=1S/C23H32N2O3.C6H12O2/c1-4-7-17(8-5-2)19(23(26)27)15-25-11-12-28-21-14-24-20-10-9-16(6-3)13-18(20)22(21)25;1-5(7)8-6(2,3)4/h9-10,13-14,17,19H,4-8,11-12,15H2,1-3H3,(H,26,27);1-4H3. The topological polar surface area (TPSA) is 89.0 Å². The van der Waals surface area contributed by atoms with Crippen LogP contribution in [0.3, 0.4) is 0 Å². The lowest BCUT2D eigenvalue weighted by Gasteiger charge is -2.36. The van der Waals surface area contributed by atoms with Crippen molar-refractivity contribution in [2.24, 2.45) is 11.8 Å². The molecule has 1 aromatic heterocycles. The second-order valence-corrected chi connectivity index (χ2v) is 10.5. The minimum atomic E-state index is -0.687. The molecule has 1 aromatic carbocycles. The zero-order valence-electron chi connectivity index (χ0n) is 23.1. The Labute approximate surface area is 216 Å². The minimum absolute atomic E-state index is 0.207. The van der Waals surface area contributed by atoms with Crippen LogP contribution in [0, 0.1) is 11.8 Å². The molecule has 7 heteroatoms. The molecule has 2 heterocycles. The van der Waals surface area contributed by atoms with E-state index in [0.29, 0.717) is 19.7 Å². The molecule has 1 atom stereocenters. The number of esters is 1. The van der Waals surface area contributed by atoms with E-state index >= 15 is 0 Å². The number of carbonyl (C=O) groups excluding carboxylic acids is 1. The lowest BCUT2D eigenvalue weighted by Crippen LogP contribution is -2.41. The average molecular weight is 501 g/mol. The number of pyridine rings is 1. The van der Waals surface area contributed by atoms with Crippen LogP contribution in [0.25, 0.3) is 10.9 Å². The largest absolute Gasteiger partial charge is 0.488 e. The SMILES string of the molecule is CC(=O)OC(C)(C)C.CCCC(CCC)C(CN1CCOc2cnc3ccc(CC)cc3c21)C(=O)O. The van der Waals surface area contributed by atoms with Crippen molar-refractivity contribution in [3.8, 4) is 5.75 Å². The van der Waals surface area contributed by atoms with Gasteiger partial charge >= 0.3 is 11.9 Å². The van der Waals surface area contributed by atoms with Gasteiger partial charge in [0.15, 0.2) is 5.75 Å². The molecule has 1 unspecified atom stereocenters. The van der Waals surface area contributed by atoms with Gasteiger partial charge in [0.1, 0.15) is 12.2 Å². The highest BCUT2D eigenvalue weighted by Gasteiger charge is 2.32. The summed E-state index contributed by atoms with van der Waals surface area (Å²) in [5.41, 5.74) is 2.85. The summed E-state index contributed by atoms with van der Waals surface area (Å²) >= 11 is 0. The van der Waals surface area contributed by atoms with Crippen LogP contribution in [0.15, 0.2) is 24.4 Å². The van der Waals surface area contributed by atoms with Gasteiger partial charge in [-0.2, -0.15) is 0 Å². The van der Waals surface area contributed by atoms with E-state index in [-0.39, 0.29) is 23.4 Å². The predicted molar refractivity (Wildman–Crippen MR) is 145 cm³/mol. The molecule has 0 fully saturated rings. The molecular formula is C29H44N2O5. The smallest absolute Gasteiger partial charge is 0.308 e. The summed E-state index contributed by atoms with van der Waals surface area (Å²) in [4.78, 5) is 29.2. The van der Waals surface area contributed by atoms with Crippen LogP contribution in [0.5, 0.6) is 5.75 Å². The first-order valence-electron chi connectivity index (χ1n) is 13.2. The monoisotopic (exact) mass is 500 g/mol. The van der Waals surface area contributed by atoms with E-state index in [9.17, 15) is 14.7 Å². The molecule has 7 nitrogen and oxygen atoms in total. The summed E-state index contributed by atoms with van der Waals surface area (Å²) in [7, 11) is 0. The third-order valence-corrected chi connectivity index (χ3v) is 6.29. The number of carboxylic acids is 1. The number of ether oxygens (including phenoxy) is 2. The van der Waals surface area contributed by atoms with E-state index in [2.05, 4.69) is 42.8 Å². The fourth-order valence-corrected chi connectivity index (χ4v) is 4.81. The molecule has 200 valence electrons. The Kier molecular flexibility index (Phi) is 11.0. The number of fused-ring (bicyclic) bond motifs is 3. The summed E-state index contributed by atoms with van der Waals surface area (Å²) in [5, 5.41) is 11.1. The van der Waals surface area contributed by atoms with E-state index in [1.54, 1.807) is 6.20 Å². The van der Waals surface area contributed by atoms with Crippen molar-refractivity contribution in [3.05, 3.63) is 30.0 Å². The number of carboxylic acid groups (broad SMARTS) is 1. The molecule has 0 aliphatic carbocycles. The van der Waals surface area contributed by atoms with Crippen molar-refractivity contribution in [1.29, 1.82) is 0 Å². The fourth-order valence-electron chi connectivity index (χ4n) is 4.81. The number of rotatable bonds is 9. The lowest BCUT2D eigenvalue weighted by atomic mass is 9.84. The maximum atomic E-state index is 12.2. The van der Waals surface area contributed by atoms with Crippen LogP contribution in [-0.4, -0.2) is 47.3 Å². The number of aliphatic carboxylic acids is 1. The van der Waals surface area contributed by atoms with Crippen LogP contribution in [0.2, 0.25) is 0 Å². The zero-order valence-corrected chi connectivity index (χ0v) is 23.1. The van der Waals surface area contributed by atoms with Crippen molar-refractivity contribution in [2.75, 3.05) is 24.6 Å². The van der Waals surface area contributed by atoms with Gasteiger partial charge < -0.3 is 19.5 Å². The lowest BCUT2D eigenvalue weighted by molar-refractivity contribution is -0.152. The van der Waals surface area contributed by atoms with E-state index < -0.39 is 5.97 Å². The number of benzene rings is 1. The molecule has 0 bridgehead atoms. The first kappa shape index (κ1) is 29.4. The number of aromatic nitrogens is 1. The van der Waals surface area contributed by atoms with Crippen molar-refractivity contribution in [2.45, 2.75) is 86.2 Å². The van der Waals surface area contributed by atoms with Gasteiger partial charge in [0, 0.05) is 18.9 Å². The predicted octanol–water partition coefficient (Wildman–Crippen LogP) is 6.26. The first-order valence-corrected chi connectivity index (χ1v) is 13.2. The molecule has 0 amide bonds. The maximum absolute atomic E-state index is 12.2. The van der Waals surface area contributed by atoms with Gasteiger partial charge in [-0.1, -0.05) is 39.7 Å². The van der Waals surface area contributed by atoms with Crippen molar-refractivity contribution in [1.82, 2.24) is 4.98 Å². The van der Waals surface area contributed by atoms with E-state index in [0.717, 1.165) is 54.4 Å². The molecule has 1 aliphatic rings. The summed E-state index contributed by atoms with van der Waals surface area (Å²) in [6, 6.07) is 6.33. The number of aryl methyl sites for hydroxylation is 1. The normalized spacial score (nSPS) is 13.9. The Morgan fingerprint density at radius 2 is 1.83 bits per heavy atom. The maximum Gasteiger partial charge on any atom is 0.308 e. The van der Waals surface area contributed by atoms with Crippen molar-refractivity contribution in [3.63, 3.8) is 0 Å². The van der Waals surface area contributed by atoms with Gasteiger partial charge in [0.2, 0.25) is 0 Å². The molecule has 2 aromatic rings. The van der Waals surface area contributed by atoms with Gasteiger partial charge in [-0.25, -0.2) is 0 Å². The van der Waals surface area contributed by atoms with Gasteiger partial charge in [0.05, 0.1) is 29.9 Å². The average Bonchev–Trinajstić information content (AvgIpc) is 2.80. The second kappa shape index (κ2) is 13.5. The number of anilines is 1. The van der Waals surface area contributed by atoms with Crippen LogP contribution >= 0.6 is 0 Å². The van der Waals surface area contributed by atoms with Crippen LogP contribution in [0.1, 0.15) is 79.7 Å². The quantitative estimate of drug-likeness (QED) is 0.406. The Hall–Kier alpha value is -2.83. The van der Waals surface area contributed by atoms with E-state index in [1.807, 2.05) is 26.8 Å². The van der Waals surface area contributed by atoms with Crippen LogP contribution in [0.4, 0.5) is 5.69 Å². The fraction of sp³-hybridized carbons (Fsp3) is 0.621. The van der Waals surface area contributed by atoms with E-state index in [4.69, 9.17) is 9.47 Å². The van der Waals surface area contributed by atoms with Crippen molar-refractivity contribution >= 4 is 28.5 Å². The highest BCUT2D eigenvalue weighted by atomic mass is 16.6. The highest BCUT2D eigenvalue weighted by molar-refractivity contribution is 5.95. The third kappa shape index (κ3) is 8.38. The molecule has 3 rings (SSSR count). The van der Waals surface area contributed by atoms with Gasteiger partial charge in [-0.15, -0.1) is 0 Å². The van der Waals surface area contributed by atoms with Crippen LogP contribution < -0.4 is 9.64 Å². The van der Waals surface area contributed by atoms with Crippen molar-refractivity contribution < 1.29 is 24.2 Å². The molecule has 0 saturated heterocycles. The summed E-state index contributed by atoms with van der Waals surface area (Å²) in [6.07, 6.45) is 6.67. The number of hydrogen-bond acceptors (Lipinski definition) is 6. The molecule has 1 aliphatic heterocycles. The Morgan fingerprint density at radius 1 is 1.17 bits per heavy atom. The van der Waals surface area contributed by atoms with Gasteiger partial charge in [-0.05, 0) is 63.6 Å². The Bertz CT molecular complexity index is 1000. The molecule has 0 radical (unpaired) electrons. The third-order valence-electron chi connectivity index (χ3n) is 6.29. The molecular weight excluding hydrogens is 456 g/mol. The Morgan fingerprint density at radius 3 is 2.33 bits per heavy atom. The molecule has 0 saturated carbocycles. The number of nitrogens with zero attached hydrogens (tertiary/aromatic N) is 2.